The molecule has 1 aromatic heterocycles. The number of anilines is 1. The van der Waals surface area contributed by atoms with E-state index >= 15 is 0 Å². The summed E-state index contributed by atoms with van der Waals surface area (Å²) in [5.74, 6) is 0.702. The van der Waals surface area contributed by atoms with Crippen LogP contribution < -0.4 is 4.90 Å². The van der Waals surface area contributed by atoms with Gasteiger partial charge in [0.05, 0.1) is 24.3 Å². The molecule has 1 aliphatic heterocycles. The van der Waals surface area contributed by atoms with E-state index in [0.717, 1.165) is 18.5 Å². The monoisotopic (exact) mass is 231 g/mol. The number of hydrogen-bond acceptors (Lipinski definition) is 4. The second-order valence-corrected chi connectivity index (χ2v) is 4.77. The van der Waals surface area contributed by atoms with Crippen LogP contribution in [0.15, 0.2) is 12.1 Å². The van der Waals surface area contributed by atoms with Crippen molar-refractivity contribution in [2.45, 2.75) is 32.3 Å². The Hall–Kier alpha value is -1.60. The number of hydrogen-bond donors (Lipinski definition) is 1. The molecule has 0 aliphatic carbocycles. The first-order chi connectivity index (χ1) is 8.08. The fraction of sp³-hybridized carbons (Fsp3) is 0.538. The Bertz CT molecular complexity index is 458. The first-order valence-corrected chi connectivity index (χ1v) is 5.93. The molecule has 4 nitrogen and oxygen atoms in total. The molecule has 1 N–H and O–H groups in total. The minimum absolute atomic E-state index is 0.575. The van der Waals surface area contributed by atoms with Gasteiger partial charge in [-0.25, -0.2) is 4.98 Å². The summed E-state index contributed by atoms with van der Waals surface area (Å²) in [5.41, 5.74) is 0.881. The fourth-order valence-electron chi connectivity index (χ4n) is 2.31. The summed E-state index contributed by atoms with van der Waals surface area (Å²) < 4.78 is 0. The first kappa shape index (κ1) is 11.9. The van der Waals surface area contributed by atoms with Crippen molar-refractivity contribution in [1.29, 1.82) is 5.26 Å². The van der Waals surface area contributed by atoms with Gasteiger partial charge in [0.2, 0.25) is 0 Å². The van der Waals surface area contributed by atoms with Gasteiger partial charge in [-0.05, 0) is 25.5 Å². The van der Waals surface area contributed by atoms with E-state index in [0.29, 0.717) is 24.5 Å². The lowest BCUT2D eigenvalue weighted by Crippen LogP contribution is -2.62. The number of nitriles is 1. The average Bonchev–Trinajstić information content (AvgIpc) is 2.26. The third kappa shape index (κ3) is 2.25. The molecule has 2 rings (SSSR count). The molecule has 0 spiro atoms. The zero-order chi connectivity index (χ0) is 12.5. The molecule has 0 saturated carbocycles. The fourth-order valence-corrected chi connectivity index (χ4v) is 2.31. The van der Waals surface area contributed by atoms with Crippen molar-refractivity contribution in [1.82, 2.24) is 4.98 Å². The highest BCUT2D eigenvalue weighted by molar-refractivity contribution is 5.56. The summed E-state index contributed by atoms with van der Waals surface area (Å²) in [5, 5.41) is 19.2. The molecule has 0 aromatic carbocycles. The SMILES string of the molecule is CCCC1(O)CN(c2nc(C)ccc2C#N)C1. The number of nitrogens with zero attached hydrogens (tertiary/aromatic N) is 3. The van der Waals surface area contributed by atoms with E-state index in [1.165, 1.54) is 0 Å². The predicted molar refractivity (Wildman–Crippen MR) is 65.8 cm³/mol. The molecule has 1 fully saturated rings. The minimum Gasteiger partial charge on any atom is -0.386 e. The van der Waals surface area contributed by atoms with Crippen LogP contribution >= 0.6 is 0 Å². The van der Waals surface area contributed by atoms with Gasteiger partial charge in [-0.1, -0.05) is 13.3 Å². The maximum atomic E-state index is 10.1. The Morgan fingerprint density at radius 1 is 1.53 bits per heavy atom. The molecule has 17 heavy (non-hydrogen) atoms. The smallest absolute Gasteiger partial charge is 0.147 e. The third-order valence-corrected chi connectivity index (χ3v) is 3.12. The maximum Gasteiger partial charge on any atom is 0.147 e. The van der Waals surface area contributed by atoms with Gasteiger partial charge >= 0.3 is 0 Å². The van der Waals surface area contributed by atoms with Crippen LogP contribution in [0.2, 0.25) is 0 Å². The highest BCUT2D eigenvalue weighted by Crippen LogP contribution is 2.31. The molecule has 0 bridgehead atoms. The molecule has 1 saturated heterocycles. The van der Waals surface area contributed by atoms with Crippen molar-refractivity contribution in [3.8, 4) is 6.07 Å². The molecular formula is C13H17N3O. The van der Waals surface area contributed by atoms with E-state index in [1.807, 2.05) is 17.9 Å². The van der Waals surface area contributed by atoms with Gasteiger partial charge in [0.25, 0.3) is 0 Å². The molecule has 0 amide bonds. The molecule has 0 atom stereocenters. The van der Waals surface area contributed by atoms with Gasteiger partial charge in [0.1, 0.15) is 11.9 Å². The normalized spacial score (nSPS) is 17.4. The summed E-state index contributed by atoms with van der Waals surface area (Å²) in [7, 11) is 0. The van der Waals surface area contributed by atoms with E-state index in [2.05, 4.69) is 18.0 Å². The van der Waals surface area contributed by atoms with Gasteiger partial charge in [-0.3, -0.25) is 0 Å². The summed E-state index contributed by atoms with van der Waals surface area (Å²) in [6.45, 7) is 5.12. The lowest BCUT2D eigenvalue weighted by molar-refractivity contribution is 0.00290. The number of aryl methyl sites for hydroxylation is 1. The van der Waals surface area contributed by atoms with Crippen LogP contribution in [0, 0.1) is 18.3 Å². The van der Waals surface area contributed by atoms with Crippen LogP contribution in [0.25, 0.3) is 0 Å². The van der Waals surface area contributed by atoms with Gasteiger partial charge in [-0.15, -0.1) is 0 Å². The highest BCUT2D eigenvalue weighted by Gasteiger charge is 2.41. The van der Waals surface area contributed by atoms with Crippen LogP contribution in [0.3, 0.4) is 0 Å². The number of pyridine rings is 1. The summed E-state index contributed by atoms with van der Waals surface area (Å²) in [6.07, 6.45) is 1.77. The van der Waals surface area contributed by atoms with E-state index in [4.69, 9.17) is 5.26 Å². The predicted octanol–water partition coefficient (Wildman–Crippen LogP) is 1.61. The van der Waals surface area contributed by atoms with Crippen molar-refractivity contribution in [2.24, 2.45) is 0 Å². The van der Waals surface area contributed by atoms with Crippen molar-refractivity contribution >= 4 is 5.82 Å². The number of rotatable bonds is 3. The summed E-state index contributed by atoms with van der Waals surface area (Å²) in [6, 6.07) is 5.77. The molecule has 4 heteroatoms. The first-order valence-electron chi connectivity index (χ1n) is 5.93. The Balaban J connectivity index is 2.16. The lowest BCUT2D eigenvalue weighted by atomic mass is 9.89. The van der Waals surface area contributed by atoms with Gasteiger partial charge in [0, 0.05) is 5.69 Å². The quantitative estimate of drug-likeness (QED) is 0.858. The van der Waals surface area contributed by atoms with Gasteiger partial charge in [-0.2, -0.15) is 5.26 Å². The summed E-state index contributed by atoms with van der Waals surface area (Å²) >= 11 is 0. The highest BCUT2D eigenvalue weighted by atomic mass is 16.3. The van der Waals surface area contributed by atoms with E-state index in [9.17, 15) is 5.11 Å². The number of aliphatic hydroxyl groups is 1. The second kappa shape index (κ2) is 4.34. The number of β-amino-alcohol motifs (C(OH)–C–C–N with tert-alkyl or cyclic N) is 1. The molecule has 0 radical (unpaired) electrons. The molecule has 0 unspecified atom stereocenters. The van der Waals surface area contributed by atoms with Gasteiger partial charge < -0.3 is 10.0 Å². The van der Waals surface area contributed by atoms with E-state index < -0.39 is 5.60 Å². The van der Waals surface area contributed by atoms with E-state index in [-0.39, 0.29) is 0 Å². The Morgan fingerprint density at radius 2 is 2.24 bits per heavy atom. The minimum atomic E-state index is -0.590. The lowest BCUT2D eigenvalue weighted by Gasteiger charge is -2.47. The molecule has 2 heterocycles. The van der Waals surface area contributed by atoms with Gasteiger partial charge in [0.15, 0.2) is 0 Å². The Morgan fingerprint density at radius 3 is 2.82 bits per heavy atom. The van der Waals surface area contributed by atoms with Crippen LogP contribution in [-0.2, 0) is 0 Å². The Labute approximate surface area is 102 Å². The van der Waals surface area contributed by atoms with Crippen molar-refractivity contribution in [3.05, 3.63) is 23.4 Å². The zero-order valence-corrected chi connectivity index (χ0v) is 10.3. The van der Waals surface area contributed by atoms with Crippen LogP contribution in [0.5, 0.6) is 0 Å². The number of aromatic nitrogens is 1. The molecule has 1 aliphatic rings. The summed E-state index contributed by atoms with van der Waals surface area (Å²) in [4.78, 5) is 6.36. The van der Waals surface area contributed by atoms with Crippen molar-refractivity contribution in [2.75, 3.05) is 18.0 Å². The molecule has 1 aromatic rings. The second-order valence-electron chi connectivity index (χ2n) is 4.77. The van der Waals surface area contributed by atoms with Crippen LogP contribution in [-0.4, -0.2) is 28.8 Å². The molecule has 90 valence electrons. The Kier molecular flexibility index (Phi) is 3.03. The maximum absolute atomic E-state index is 10.1. The van der Waals surface area contributed by atoms with Crippen molar-refractivity contribution < 1.29 is 5.11 Å². The van der Waals surface area contributed by atoms with Crippen LogP contribution in [0.4, 0.5) is 5.82 Å². The zero-order valence-electron chi connectivity index (χ0n) is 10.3. The van der Waals surface area contributed by atoms with Crippen molar-refractivity contribution in [3.63, 3.8) is 0 Å². The standard InChI is InChI=1S/C13H17N3O/c1-3-6-13(17)8-16(9-13)12-11(7-14)5-4-10(2)15-12/h4-5,17H,3,6,8-9H2,1-2H3. The molecular weight excluding hydrogens is 214 g/mol. The van der Waals surface area contributed by atoms with E-state index in [1.54, 1.807) is 6.07 Å². The largest absolute Gasteiger partial charge is 0.386 e. The average molecular weight is 231 g/mol. The topological polar surface area (TPSA) is 60.1 Å². The van der Waals surface area contributed by atoms with Crippen LogP contribution in [0.1, 0.15) is 31.0 Å². The third-order valence-electron chi connectivity index (χ3n) is 3.12.